The minimum Gasteiger partial charge on any atom is -0.391 e. The molecule has 82 valence electrons. The average Bonchev–Trinajstić information content (AvgIpc) is 2.16. The molecule has 0 heterocycles. The molecule has 0 aromatic heterocycles. The summed E-state index contributed by atoms with van der Waals surface area (Å²) in [6.45, 7) is 0.158. The summed E-state index contributed by atoms with van der Waals surface area (Å²) in [6, 6.07) is -1.89. The Morgan fingerprint density at radius 3 is 2.00 bits per heavy atom. The van der Waals surface area contributed by atoms with Crippen LogP contribution >= 0.6 is 0 Å². The van der Waals surface area contributed by atoms with E-state index >= 15 is 0 Å². The first-order valence-corrected chi connectivity index (χ1v) is 4.19. The predicted molar refractivity (Wildman–Crippen MR) is 49.8 cm³/mol. The van der Waals surface area contributed by atoms with Crippen LogP contribution in [-0.4, -0.2) is 37.1 Å². The highest BCUT2D eigenvalue weighted by molar-refractivity contribution is 5.90. The summed E-state index contributed by atoms with van der Waals surface area (Å²) >= 11 is 0. The molecule has 0 spiro atoms. The summed E-state index contributed by atoms with van der Waals surface area (Å²) in [5.41, 5.74) is 20.8. The lowest BCUT2D eigenvalue weighted by Gasteiger charge is -2.11. The molecule has 2 atom stereocenters. The lowest BCUT2D eigenvalue weighted by molar-refractivity contribution is -0.161. The number of hydrogen-bond donors (Lipinski definition) is 4. The molecule has 0 aliphatic carbocycles. The molecule has 7 heteroatoms. The van der Waals surface area contributed by atoms with Gasteiger partial charge in [-0.1, -0.05) is 0 Å². The molecule has 0 fully saturated rings. The van der Waals surface area contributed by atoms with Crippen LogP contribution in [0.25, 0.3) is 0 Å². The van der Waals surface area contributed by atoms with Crippen molar-refractivity contribution in [2.45, 2.75) is 18.5 Å². The predicted octanol–water partition coefficient (Wildman–Crippen LogP) is -2.98. The maximum Gasteiger partial charge on any atom is 0.331 e. The second kappa shape index (κ2) is 6.44. The molecule has 0 saturated carbocycles. The van der Waals surface area contributed by atoms with Crippen LogP contribution < -0.4 is 22.9 Å². The van der Waals surface area contributed by atoms with E-state index in [1.165, 1.54) is 0 Å². The fourth-order valence-electron chi connectivity index (χ4n) is 0.644. The van der Waals surface area contributed by atoms with Gasteiger partial charge >= 0.3 is 11.9 Å². The molecule has 0 aliphatic rings. The van der Waals surface area contributed by atoms with Gasteiger partial charge in [0.15, 0.2) is 0 Å². The van der Waals surface area contributed by atoms with Crippen molar-refractivity contribution in [1.82, 2.24) is 0 Å². The molecule has 0 saturated heterocycles. The average molecular weight is 204 g/mol. The number of carbonyl (C=O) groups is 2. The van der Waals surface area contributed by atoms with E-state index in [1.54, 1.807) is 0 Å². The molecule has 8 N–H and O–H groups in total. The van der Waals surface area contributed by atoms with E-state index in [4.69, 9.17) is 22.9 Å². The summed E-state index contributed by atoms with van der Waals surface area (Å²) in [5.74, 6) is -1.70. The minimum absolute atomic E-state index is 0.0851. The van der Waals surface area contributed by atoms with Gasteiger partial charge in [0.05, 0.1) is 0 Å². The molecule has 2 unspecified atom stereocenters. The highest BCUT2D eigenvalue weighted by Crippen LogP contribution is 1.92. The third kappa shape index (κ3) is 4.28. The topological polar surface area (TPSA) is 147 Å². The number of esters is 2. The number of nitrogens with two attached hydrogens (primary N) is 4. The fraction of sp³-hybridized carbons (Fsp3) is 0.714. The van der Waals surface area contributed by atoms with Crippen LogP contribution in [0.4, 0.5) is 0 Å². The van der Waals surface area contributed by atoms with Crippen molar-refractivity contribution < 1.29 is 14.3 Å². The van der Waals surface area contributed by atoms with Gasteiger partial charge in [-0.05, 0) is 13.0 Å². The standard InChI is InChI=1S/C7H16N4O3/c8-2-1-4(10)6(12)14-7(13)5(11)3-9/h4-5H,1-3,8-11H2. The highest BCUT2D eigenvalue weighted by atomic mass is 16.6. The van der Waals surface area contributed by atoms with Crippen LogP contribution in [0.2, 0.25) is 0 Å². The first-order chi connectivity index (χ1) is 6.52. The van der Waals surface area contributed by atoms with Crippen molar-refractivity contribution >= 4 is 11.9 Å². The van der Waals surface area contributed by atoms with Crippen LogP contribution in [0.15, 0.2) is 0 Å². The maximum absolute atomic E-state index is 11.0. The zero-order valence-electron chi connectivity index (χ0n) is 7.81. The zero-order chi connectivity index (χ0) is 11.1. The Bertz CT molecular complexity index is 209. The van der Waals surface area contributed by atoms with Crippen LogP contribution in [0.1, 0.15) is 6.42 Å². The van der Waals surface area contributed by atoms with Gasteiger partial charge in [-0.15, -0.1) is 0 Å². The largest absolute Gasteiger partial charge is 0.391 e. The molecule has 0 aromatic rings. The van der Waals surface area contributed by atoms with Crippen molar-refractivity contribution in [2.24, 2.45) is 22.9 Å². The van der Waals surface area contributed by atoms with Crippen LogP contribution in [0.5, 0.6) is 0 Å². The van der Waals surface area contributed by atoms with Gasteiger partial charge < -0.3 is 27.7 Å². The Morgan fingerprint density at radius 2 is 1.57 bits per heavy atom. The molecule has 0 aliphatic heterocycles. The van der Waals surface area contributed by atoms with Gasteiger partial charge in [0.2, 0.25) is 0 Å². The summed E-state index contributed by atoms with van der Waals surface area (Å²) < 4.78 is 4.35. The molecule has 0 amide bonds. The van der Waals surface area contributed by atoms with Crippen molar-refractivity contribution in [3.63, 3.8) is 0 Å². The lowest BCUT2D eigenvalue weighted by Crippen LogP contribution is -2.43. The molecule has 0 bridgehead atoms. The normalized spacial score (nSPS) is 14.6. The van der Waals surface area contributed by atoms with Gasteiger partial charge in [-0.3, -0.25) is 0 Å². The smallest absolute Gasteiger partial charge is 0.331 e. The minimum atomic E-state index is -0.996. The number of rotatable bonds is 5. The third-order valence-electron chi connectivity index (χ3n) is 1.54. The van der Waals surface area contributed by atoms with Crippen LogP contribution in [0, 0.1) is 0 Å². The molecule has 14 heavy (non-hydrogen) atoms. The fourth-order valence-corrected chi connectivity index (χ4v) is 0.644. The summed E-state index contributed by atoms with van der Waals surface area (Å²) in [5, 5.41) is 0. The summed E-state index contributed by atoms with van der Waals surface area (Å²) in [6.07, 6.45) is 0.254. The third-order valence-corrected chi connectivity index (χ3v) is 1.54. The van der Waals surface area contributed by atoms with Crippen molar-refractivity contribution in [3.05, 3.63) is 0 Å². The molecular formula is C7H16N4O3. The van der Waals surface area contributed by atoms with Crippen LogP contribution in [0.3, 0.4) is 0 Å². The molecule has 0 radical (unpaired) electrons. The van der Waals surface area contributed by atoms with Crippen LogP contribution in [-0.2, 0) is 14.3 Å². The first kappa shape index (κ1) is 13.0. The van der Waals surface area contributed by atoms with E-state index in [2.05, 4.69) is 4.74 Å². The van der Waals surface area contributed by atoms with Crippen molar-refractivity contribution in [1.29, 1.82) is 0 Å². The molecular weight excluding hydrogens is 188 g/mol. The second-order valence-electron chi connectivity index (χ2n) is 2.77. The van der Waals surface area contributed by atoms with Crippen molar-refractivity contribution in [2.75, 3.05) is 13.1 Å². The summed E-state index contributed by atoms with van der Waals surface area (Å²) in [4.78, 5) is 22.0. The quantitative estimate of drug-likeness (QED) is 0.276. The number of carbonyl (C=O) groups excluding carboxylic acids is 2. The number of hydrogen-bond acceptors (Lipinski definition) is 7. The zero-order valence-corrected chi connectivity index (χ0v) is 7.81. The second-order valence-corrected chi connectivity index (χ2v) is 2.77. The van der Waals surface area contributed by atoms with Gasteiger partial charge in [-0.2, -0.15) is 0 Å². The Kier molecular flexibility index (Phi) is 5.97. The SMILES string of the molecule is NCCC(N)C(=O)OC(=O)C(N)CN. The molecule has 7 nitrogen and oxygen atoms in total. The van der Waals surface area contributed by atoms with Gasteiger partial charge in [0.1, 0.15) is 12.1 Å². The maximum atomic E-state index is 11.0. The van der Waals surface area contributed by atoms with E-state index < -0.39 is 24.0 Å². The van der Waals surface area contributed by atoms with E-state index in [-0.39, 0.29) is 19.5 Å². The Hall–Kier alpha value is -1.02. The molecule has 0 rings (SSSR count). The van der Waals surface area contributed by atoms with Crippen molar-refractivity contribution in [3.8, 4) is 0 Å². The van der Waals surface area contributed by atoms with E-state index in [0.29, 0.717) is 0 Å². The number of ether oxygens (including phenoxy) is 1. The first-order valence-electron chi connectivity index (χ1n) is 4.19. The van der Waals surface area contributed by atoms with E-state index in [9.17, 15) is 9.59 Å². The lowest BCUT2D eigenvalue weighted by atomic mass is 10.2. The van der Waals surface area contributed by atoms with Gasteiger partial charge in [-0.25, -0.2) is 9.59 Å². The monoisotopic (exact) mass is 204 g/mol. The van der Waals surface area contributed by atoms with E-state index in [0.717, 1.165) is 0 Å². The van der Waals surface area contributed by atoms with E-state index in [1.807, 2.05) is 0 Å². The Balaban J connectivity index is 3.99. The summed E-state index contributed by atoms with van der Waals surface area (Å²) in [7, 11) is 0. The Morgan fingerprint density at radius 1 is 1.07 bits per heavy atom. The Labute approximate surface area is 81.7 Å². The van der Waals surface area contributed by atoms with Gasteiger partial charge in [0.25, 0.3) is 0 Å². The molecule has 0 aromatic carbocycles. The van der Waals surface area contributed by atoms with Gasteiger partial charge in [0, 0.05) is 6.54 Å². The highest BCUT2D eigenvalue weighted by Gasteiger charge is 2.21.